The zero-order valence-electron chi connectivity index (χ0n) is 17.3. The highest BCUT2D eigenvalue weighted by molar-refractivity contribution is 7.99. The van der Waals surface area contributed by atoms with E-state index in [9.17, 15) is 4.79 Å². The quantitative estimate of drug-likeness (QED) is 0.353. The second-order valence-corrected chi connectivity index (χ2v) is 8.66. The number of hydrogen-bond acceptors (Lipinski definition) is 6. The number of amides is 1. The Hall–Kier alpha value is -3.38. The van der Waals surface area contributed by atoms with Gasteiger partial charge in [0, 0.05) is 28.7 Å². The molecule has 0 radical (unpaired) electrons. The van der Waals surface area contributed by atoms with Crippen LogP contribution in [-0.4, -0.2) is 31.4 Å². The molecule has 2 aromatic heterocycles. The number of benzene rings is 2. The van der Waals surface area contributed by atoms with Crippen molar-refractivity contribution in [3.05, 3.63) is 82.1 Å². The molecule has 1 amide bonds. The molecule has 164 valence electrons. The fourth-order valence-corrected chi connectivity index (χ4v) is 4.25. The van der Waals surface area contributed by atoms with Gasteiger partial charge in [0.2, 0.25) is 5.91 Å². The maximum atomic E-state index is 12.6. The fourth-order valence-electron chi connectivity index (χ4n) is 3.12. The number of thioether (sulfide) groups is 1. The van der Waals surface area contributed by atoms with Gasteiger partial charge in [-0.3, -0.25) is 14.3 Å². The molecule has 4 rings (SSSR count). The summed E-state index contributed by atoms with van der Waals surface area (Å²) in [5.41, 5.74) is 3.38. The zero-order valence-corrected chi connectivity index (χ0v) is 19.6. The first kappa shape index (κ1) is 22.8. The van der Waals surface area contributed by atoms with E-state index in [0.29, 0.717) is 27.3 Å². The topological polar surface area (TPSA) is 96.5 Å². The molecule has 0 atom stereocenters. The molecule has 0 saturated carbocycles. The highest BCUT2D eigenvalue weighted by Crippen LogP contribution is 2.31. The number of halogens is 2. The number of pyridine rings is 1. The largest absolute Gasteiger partial charge is 0.325 e. The summed E-state index contributed by atoms with van der Waals surface area (Å²) < 4.78 is 1.88. The number of hydrogen-bond donors (Lipinski definition) is 1. The zero-order chi connectivity index (χ0) is 23.4. The first-order chi connectivity index (χ1) is 16.0. The van der Waals surface area contributed by atoms with Crippen LogP contribution < -0.4 is 5.32 Å². The van der Waals surface area contributed by atoms with E-state index in [0.717, 1.165) is 16.8 Å². The third-order valence-corrected chi connectivity index (χ3v) is 6.41. The molecule has 0 aliphatic carbocycles. The molecule has 2 aromatic carbocycles. The lowest BCUT2D eigenvalue weighted by atomic mass is 10.2. The molecule has 0 unspecified atom stereocenters. The molecule has 7 nitrogen and oxygen atoms in total. The van der Waals surface area contributed by atoms with Gasteiger partial charge in [0.15, 0.2) is 11.0 Å². The predicted molar refractivity (Wildman–Crippen MR) is 130 cm³/mol. The van der Waals surface area contributed by atoms with Gasteiger partial charge in [-0.25, -0.2) is 0 Å². The Morgan fingerprint density at radius 2 is 1.91 bits per heavy atom. The molecule has 0 bridgehead atoms. The second-order valence-electron chi connectivity index (χ2n) is 6.90. The van der Waals surface area contributed by atoms with E-state index in [-0.39, 0.29) is 16.7 Å². The number of nitrogens with one attached hydrogen (secondary N) is 1. The first-order valence-corrected chi connectivity index (χ1v) is 11.5. The van der Waals surface area contributed by atoms with Crippen LogP contribution in [0.25, 0.3) is 17.1 Å². The standard InChI is InChI=1S/C23H16Cl2N6OS/c1-14-18(24)3-2-4-20(14)31-22(15-7-9-27-10-8-15)29-30-23(31)33-13-21(32)28-17-6-5-16(12-26)19(25)11-17/h2-11H,13H2,1H3,(H,28,32). The van der Waals surface area contributed by atoms with Crippen LogP contribution >= 0.6 is 35.0 Å². The Morgan fingerprint density at radius 1 is 1.12 bits per heavy atom. The van der Waals surface area contributed by atoms with Gasteiger partial charge in [-0.2, -0.15) is 5.26 Å². The van der Waals surface area contributed by atoms with E-state index >= 15 is 0 Å². The highest BCUT2D eigenvalue weighted by Gasteiger charge is 2.19. The summed E-state index contributed by atoms with van der Waals surface area (Å²) in [5, 5.41) is 21.9. The maximum absolute atomic E-state index is 12.6. The van der Waals surface area contributed by atoms with Crippen LogP contribution in [0.2, 0.25) is 10.0 Å². The minimum Gasteiger partial charge on any atom is -0.325 e. The van der Waals surface area contributed by atoms with Crippen LogP contribution in [0.5, 0.6) is 0 Å². The lowest BCUT2D eigenvalue weighted by Crippen LogP contribution is -2.14. The number of nitriles is 1. The number of carbonyl (C=O) groups is 1. The summed E-state index contributed by atoms with van der Waals surface area (Å²) in [7, 11) is 0. The average Bonchev–Trinajstić information content (AvgIpc) is 3.24. The van der Waals surface area contributed by atoms with Crippen LogP contribution in [0, 0.1) is 18.3 Å². The van der Waals surface area contributed by atoms with Crippen LogP contribution in [0.1, 0.15) is 11.1 Å². The molecule has 0 fully saturated rings. The van der Waals surface area contributed by atoms with Crippen molar-refractivity contribution in [2.24, 2.45) is 0 Å². The summed E-state index contributed by atoms with van der Waals surface area (Å²) >= 11 is 13.7. The average molecular weight is 495 g/mol. The fraction of sp³-hybridized carbons (Fsp3) is 0.0870. The van der Waals surface area contributed by atoms with E-state index < -0.39 is 0 Å². The predicted octanol–water partition coefficient (Wildman–Crippen LogP) is 5.55. The molecule has 0 saturated heterocycles. The Kier molecular flexibility index (Phi) is 6.94. The van der Waals surface area contributed by atoms with Crippen molar-refractivity contribution in [2.75, 3.05) is 11.1 Å². The number of anilines is 1. The number of aromatic nitrogens is 4. The van der Waals surface area contributed by atoms with Crippen LogP contribution in [0.4, 0.5) is 5.69 Å². The summed E-state index contributed by atoms with van der Waals surface area (Å²) in [6.45, 7) is 1.92. The van der Waals surface area contributed by atoms with Crippen molar-refractivity contribution < 1.29 is 4.79 Å². The van der Waals surface area contributed by atoms with E-state index in [4.69, 9.17) is 28.5 Å². The molecule has 0 aliphatic rings. The van der Waals surface area contributed by atoms with E-state index in [1.165, 1.54) is 11.8 Å². The van der Waals surface area contributed by atoms with Gasteiger partial charge in [-0.15, -0.1) is 10.2 Å². The van der Waals surface area contributed by atoms with Gasteiger partial charge in [0.25, 0.3) is 0 Å². The summed E-state index contributed by atoms with van der Waals surface area (Å²) in [4.78, 5) is 16.6. The van der Waals surface area contributed by atoms with Gasteiger partial charge in [0.1, 0.15) is 6.07 Å². The monoisotopic (exact) mass is 494 g/mol. The van der Waals surface area contributed by atoms with Crippen LogP contribution in [0.3, 0.4) is 0 Å². The van der Waals surface area contributed by atoms with Crippen molar-refractivity contribution in [1.82, 2.24) is 19.7 Å². The summed E-state index contributed by atoms with van der Waals surface area (Å²) in [6.07, 6.45) is 3.37. The smallest absolute Gasteiger partial charge is 0.234 e. The van der Waals surface area contributed by atoms with E-state index in [2.05, 4.69) is 20.5 Å². The SMILES string of the molecule is Cc1c(Cl)cccc1-n1c(SCC(=O)Nc2ccc(C#N)c(Cl)c2)nnc1-c1ccncc1. The van der Waals surface area contributed by atoms with E-state index in [1.54, 1.807) is 30.6 Å². The number of nitrogens with zero attached hydrogens (tertiary/aromatic N) is 5. The van der Waals surface area contributed by atoms with Crippen molar-refractivity contribution in [1.29, 1.82) is 5.26 Å². The molecule has 0 aliphatic heterocycles. The molecule has 1 N–H and O–H groups in total. The van der Waals surface area contributed by atoms with Gasteiger partial charge < -0.3 is 5.32 Å². The minimum absolute atomic E-state index is 0.0890. The third kappa shape index (κ3) is 5.01. The lowest BCUT2D eigenvalue weighted by Gasteiger charge is -2.14. The first-order valence-electron chi connectivity index (χ1n) is 9.71. The third-order valence-electron chi connectivity index (χ3n) is 4.76. The number of carbonyl (C=O) groups excluding carboxylic acids is 1. The molecule has 4 aromatic rings. The Bertz CT molecular complexity index is 1370. The molecular weight excluding hydrogens is 479 g/mol. The van der Waals surface area contributed by atoms with Crippen LogP contribution in [-0.2, 0) is 4.79 Å². The van der Waals surface area contributed by atoms with Crippen LogP contribution in [0.15, 0.2) is 66.1 Å². The van der Waals surface area contributed by atoms with Gasteiger partial charge in [-0.05, 0) is 55.0 Å². The Labute approximate surface area is 204 Å². The van der Waals surface area contributed by atoms with Gasteiger partial charge in [0.05, 0.1) is 22.0 Å². The van der Waals surface area contributed by atoms with Crippen molar-refractivity contribution >= 4 is 46.6 Å². The van der Waals surface area contributed by atoms with Crippen molar-refractivity contribution in [3.8, 4) is 23.1 Å². The second kappa shape index (κ2) is 10.0. The molecular formula is C23H16Cl2N6OS. The molecule has 33 heavy (non-hydrogen) atoms. The van der Waals surface area contributed by atoms with Gasteiger partial charge in [-0.1, -0.05) is 41.0 Å². The van der Waals surface area contributed by atoms with Gasteiger partial charge >= 0.3 is 0 Å². The summed E-state index contributed by atoms with van der Waals surface area (Å²) in [5.74, 6) is 0.458. The minimum atomic E-state index is -0.247. The Balaban J connectivity index is 1.61. The van der Waals surface area contributed by atoms with E-state index in [1.807, 2.05) is 47.9 Å². The normalized spacial score (nSPS) is 10.6. The Morgan fingerprint density at radius 3 is 2.64 bits per heavy atom. The molecule has 0 spiro atoms. The lowest BCUT2D eigenvalue weighted by molar-refractivity contribution is -0.113. The van der Waals surface area contributed by atoms with Crippen molar-refractivity contribution in [3.63, 3.8) is 0 Å². The highest BCUT2D eigenvalue weighted by atomic mass is 35.5. The number of rotatable bonds is 6. The van der Waals surface area contributed by atoms with Crippen molar-refractivity contribution in [2.45, 2.75) is 12.1 Å². The molecule has 2 heterocycles. The maximum Gasteiger partial charge on any atom is 0.234 e. The summed E-state index contributed by atoms with van der Waals surface area (Å²) in [6, 6.07) is 16.0. The molecule has 10 heteroatoms.